The van der Waals surface area contributed by atoms with E-state index < -0.39 is 5.54 Å². The van der Waals surface area contributed by atoms with Crippen molar-refractivity contribution in [2.45, 2.75) is 65.1 Å². The Hall–Kier alpha value is -1.10. The van der Waals surface area contributed by atoms with Gasteiger partial charge in [0.05, 0.1) is 12.6 Å². The first-order chi connectivity index (χ1) is 9.26. The van der Waals surface area contributed by atoms with E-state index in [0.29, 0.717) is 13.0 Å². The van der Waals surface area contributed by atoms with Crippen LogP contribution < -0.4 is 5.32 Å². The first-order valence-corrected chi connectivity index (χ1v) is 7.50. The molecule has 3 atom stereocenters. The largest absolute Gasteiger partial charge is 0.378 e. The lowest BCUT2D eigenvalue weighted by Crippen LogP contribution is -2.72. The van der Waals surface area contributed by atoms with E-state index in [2.05, 4.69) is 19.2 Å². The molecule has 0 radical (unpaired) electrons. The predicted octanol–water partition coefficient (Wildman–Crippen LogP) is 1.32. The topological polar surface area (TPSA) is 58.6 Å². The molecule has 0 aromatic heterocycles. The number of amides is 2. The number of hydrogen-bond acceptors (Lipinski definition) is 3. The number of rotatable bonds is 4. The quantitative estimate of drug-likeness (QED) is 0.846. The van der Waals surface area contributed by atoms with Crippen molar-refractivity contribution in [3.63, 3.8) is 0 Å². The van der Waals surface area contributed by atoms with Crippen LogP contribution in [0.5, 0.6) is 0 Å². The molecular formula is C15H26N2O3. The third-order valence-corrected chi connectivity index (χ3v) is 5.04. The number of piperazine rings is 1. The summed E-state index contributed by atoms with van der Waals surface area (Å²) >= 11 is 0. The molecule has 5 heteroatoms. The molecule has 114 valence electrons. The van der Waals surface area contributed by atoms with E-state index >= 15 is 0 Å². The maximum absolute atomic E-state index is 12.7. The molecule has 2 rings (SSSR count). The second kappa shape index (κ2) is 5.02. The van der Waals surface area contributed by atoms with E-state index in [-0.39, 0.29) is 35.9 Å². The minimum atomic E-state index is -0.762. The van der Waals surface area contributed by atoms with Crippen LogP contribution >= 0.6 is 0 Å². The number of ether oxygens (including phenoxy) is 1. The first-order valence-electron chi connectivity index (χ1n) is 7.50. The molecule has 1 N–H and O–H groups in total. The average molecular weight is 282 g/mol. The van der Waals surface area contributed by atoms with Gasteiger partial charge in [-0.3, -0.25) is 9.59 Å². The Bertz CT molecular complexity index is 421. The van der Waals surface area contributed by atoms with Crippen molar-refractivity contribution in [1.29, 1.82) is 0 Å². The highest BCUT2D eigenvalue weighted by atomic mass is 16.5. The lowest BCUT2D eigenvalue weighted by Gasteiger charge is -2.57. The second-order valence-electron chi connectivity index (χ2n) is 6.68. The van der Waals surface area contributed by atoms with Gasteiger partial charge in [-0.2, -0.15) is 0 Å². The zero-order valence-electron chi connectivity index (χ0n) is 13.2. The van der Waals surface area contributed by atoms with Gasteiger partial charge >= 0.3 is 0 Å². The summed E-state index contributed by atoms with van der Waals surface area (Å²) in [6.45, 7) is 10.8. The van der Waals surface area contributed by atoms with Crippen molar-refractivity contribution in [3.05, 3.63) is 0 Å². The lowest BCUT2D eigenvalue weighted by molar-refractivity contribution is -0.179. The maximum Gasteiger partial charge on any atom is 0.248 e. The highest BCUT2D eigenvalue weighted by Gasteiger charge is 2.56. The molecule has 0 aromatic carbocycles. The third kappa shape index (κ3) is 2.22. The summed E-state index contributed by atoms with van der Waals surface area (Å²) in [5.74, 6) is -0.0303. The fourth-order valence-corrected chi connectivity index (χ4v) is 3.31. The summed E-state index contributed by atoms with van der Waals surface area (Å²) < 4.78 is 5.72. The lowest BCUT2D eigenvalue weighted by atomic mass is 9.63. The molecule has 0 aromatic rings. The molecule has 1 saturated carbocycles. The van der Waals surface area contributed by atoms with Crippen molar-refractivity contribution in [1.82, 2.24) is 10.2 Å². The maximum atomic E-state index is 12.7. The van der Waals surface area contributed by atoms with E-state index in [9.17, 15) is 9.59 Å². The van der Waals surface area contributed by atoms with Crippen molar-refractivity contribution in [2.24, 2.45) is 5.41 Å². The fraction of sp³-hybridized carbons (Fsp3) is 0.867. The molecule has 2 aliphatic rings. The fourth-order valence-electron chi connectivity index (χ4n) is 3.31. The number of carbonyl (C=O) groups is 2. The molecule has 0 bridgehead atoms. The molecule has 1 aliphatic carbocycles. The van der Waals surface area contributed by atoms with Gasteiger partial charge in [0.1, 0.15) is 5.54 Å². The number of nitrogens with one attached hydrogen (secondary N) is 1. The van der Waals surface area contributed by atoms with Gasteiger partial charge in [0.15, 0.2) is 0 Å². The predicted molar refractivity (Wildman–Crippen MR) is 76.2 cm³/mol. The Balaban J connectivity index is 2.17. The highest BCUT2D eigenvalue weighted by Crippen LogP contribution is 2.46. The van der Waals surface area contributed by atoms with E-state index in [1.54, 1.807) is 4.90 Å². The molecular weight excluding hydrogens is 256 g/mol. The summed E-state index contributed by atoms with van der Waals surface area (Å²) in [6.07, 6.45) is 1.60. The van der Waals surface area contributed by atoms with E-state index in [0.717, 1.165) is 6.42 Å². The van der Waals surface area contributed by atoms with Crippen LogP contribution in [-0.2, 0) is 14.3 Å². The van der Waals surface area contributed by atoms with Gasteiger partial charge in [0, 0.05) is 18.1 Å². The minimum absolute atomic E-state index is 0.0348. The van der Waals surface area contributed by atoms with Gasteiger partial charge in [-0.15, -0.1) is 0 Å². The Kier molecular flexibility index (Phi) is 3.84. The number of carbonyl (C=O) groups excluding carboxylic acids is 2. The summed E-state index contributed by atoms with van der Waals surface area (Å²) in [4.78, 5) is 26.4. The molecule has 1 aliphatic heterocycles. The second-order valence-corrected chi connectivity index (χ2v) is 6.68. The van der Waals surface area contributed by atoms with Crippen LogP contribution in [0.1, 0.15) is 47.5 Å². The molecule has 20 heavy (non-hydrogen) atoms. The molecule has 5 nitrogen and oxygen atoms in total. The molecule has 1 saturated heterocycles. The summed E-state index contributed by atoms with van der Waals surface area (Å²) in [6, 6.07) is 0.0866. The zero-order valence-corrected chi connectivity index (χ0v) is 13.2. The first kappa shape index (κ1) is 15.3. The molecule has 0 spiro atoms. The van der Waals surface area contributed by atoms with Crippen molar-refractivity contribution in [3.8, 4) is 0 Å². The van der Waals surface area contributed by atoms with Gasteiger partial charge < -0.3 is 15.0 Å². The molecule has 2 amide bonds. The van der Waals surface area contributed by atoms with Crippen LogP contribution in [0, 0.1) is 5.41 Å². The summed E-state index contributed by atoms with van der Waals surface area (Å²) in [5.41, 5.74) is -0.861. The van der Waals surface area contributed by atoms with Gasteiger partial charge in [0.25, 0.3) is 0 Å². The number of nitrogens with zero attached hydrogens (tertiary/aromatic N) is 1. The highest BCUT2D eigenvalue weighted by molar-refractivity contribution is 5.98. The van der Waals surface area contributed by atoms with Crippen LogP contribution in [0.25, 0.3) is 0 Å². The van der Waals surface area contributed by atoms with Gasteiger partial charge in [-0.1, -0.05) is 20.8 Å². The Morgan fingerprint density at radius 2 is 1.95 bits per heavy atom. The zero-order chi connectivity index (χ0) is 15.1. The van der Waals surface area contributed by atoms with Crippen molar-refractivity contribution >= 4 is 11.8 Å². The normalized spacial score (nSPS) is 36.5. The SMILES string of the molecule is CCOC1CC(N2CC(=O)NC(C)(CC)C2=O)C1(C)C. The van der Waals surface area contributed by atoms with Gasteiger partial charge in [-0.05, 0) is 26.7 Å². The van der Waals surface area contributed by atoms with Crippen LogP contribution in [0.15, 0.2) is 0 Å². The monoisotopic (exact) mass is 282 g/mol. The van der Waals surface area contributed by atoms with Crippen LogP contribution in [0.2, 0.25) is 0 Å². The van der Waals surface area contributed by atoms with Crippen molar-refractivity contribution < 1.29 is 14.3 Å². The standard InChI is InChI=1S/C15H26N2O3/c1-6-15(5)13(19)17(9-12(18)16-15)10-8-11(20-7-2)14(10,3)4/h10-11H,6-9H2,1-5H3,(H,16,18). The summed E-state index contributed by atoms with van der Waals surface area (Å²) in [5, 5.41) is 2.83. The minimum Gasteiger partial charge on any atom is -0.378 e. The molecule has 2 fully saturated rings. The van der Waals surface area contributed by atoms with Crippen molar-refractivity contribution in [2.75, 3.05) is 13.2 Å². The molecule has 3 unspecified atom stereocenters. The van der Waals surface area contributed by atoms with E-state index in [4.69, 9.17) is 4.74 Å². The Morgan fingerprint density at radius 1 is 1.30 bits per heavy atom. The number of hydrogen-bond donors (Lipinski definition) is 1. The van der Waals surface area contributed by atoms with Gasteiger partial charge in [0.2, 0.25) is 11.8 Å². The van der Waals surface area contributed by atoms with Crippen LogP contribution in [-0.4, -0.2) is 47.6 Å². The smallest absolute Gasteiger partial charge is 0.248 e. The third-order valence-electron chi connectivity index (χ3n) is 5.04. The van der Waals surface area contributed by atoms with Gasteiger partial charge in [-0.25, -0.2) is 0 Å². The summed E-state index contributed by atoms with van der Waals surface area (Å²) in [7, 11) is 0. The van der Waals surface area contributed by atoms with Crippen LogP contribution in [0.3, 0.4) is 0 Å². The molecule has 1 heterocycles. The van der Waals surface area contributed by atoms with E-state index in [1.165, 1.54) is 0 Å². The Labute approximate surface area is 121 Å². The van der Waals surface area contributed by atoms with Crippen LogP contribution in [0.4, 0.5) is 0 Å². The van der Waals surface area contributed by atoms with E-state index in [1.807, 2.05) is 20.8 Å². The Morgan fingerprint density at radius 3 is 2.45 bits per heavy atom. The average Bonchev–Trinajstić information content (AvgIpc) is 2.39.